The molecule has 4 heteroatoms. The van der Waals surface area contributed by atoms with Gasteiger partial charge in [0.15, 0.2) is 0 Å². The molecule has 2 unspecified atom stereocenters. The maximum Gasteiger partial charge on any atom is 0.355 e. The first-order valence-electron chi connectivity index (χ1n) is 8.86. The molecule has 0 aromatic heterocycles. The second-order valence-corrected chi connectivity index (χ2v) is 6.31. The van der Waals surface area contributed by atoms with Crippen LogP contribution in [0.5, 0.6) is 0 Å². The van der Waals surface area contributed by atoms with Crippen molar-refractivity contribution >= 4 is 0 Å². The van der Waals surface area contributed by atoms with Gasteiger partial charge in [0.25, 0.3) is 0 Å². The summed E-state index contributed by atoms with van der Waals surface area (Å²) in [5, 5.41) is 0. The maximum atomic E-state index is 12.2. The van der Waals surface area contributed by atoms with Gasteiger partial charge in [0, 0.05) is 13.0 Å². The van der Waals surface area contributed by atoms with E-state index in [4.69, 9.17) is 4.74 Å². The Labute approximate surface area is 137 Å². The third kappa shape index (κ3) is 12.3. The highest BCUT2D eigenvalue weighted by atomic mass is 19.3. The highest BCUT2D eigenvalue weighted by Gasteiger charge is 2.34. The van der Waals surface area contributed by atoms with Crippen LogP contribution >= 0.6 is 0 Å². The number of ether oxygens (including phenoxy) is 2. The lowest BCUT2D eigenvalue weighted by Crippen LogP contribution is -2.32. The first-order chi connectivity index (χ1) is 10.2. The van der Waals surface area contributed by atoms with Crippen LogP contribution in [-0.4, -0.2) is 24.9 Å². The summed E-state index contributed by atoms with van der Waals surface area (Å²) in [5.74, 6) is 1.07. The Morgan fingerprint density at radius 2 is 1.18 bits per heavy atom. The van der Waals surface area contributed by atoms with E-state index in [0.717, 1.165) is 12.5 Å². The van der Waals surface area contributed by atoms with Crippen molar-refractivity contribution in [1.29, 1.82) is 0 Å². The molecule has 2 fully saturated rings. The average molecular weight is 324 g/mol. The van der Waals surface area contributed by atoms with Crippen LogP contribution in [0.15, 0.2) is 0 Å². The van der Waals surface area contributed by atoms with E-state index < -0.39 is 6.11 Å². The lowest BCUT2D eigenvalue weighted by Gasteiger charge is -2.33. The topological polar surface area (TPSA) is 18.5 Å². The molecule has 0 bridgehead atoms. The van der Waals surface area contributed by atoms with Crippen molar-refractivity contribution in [2.45, 2.75) is 92.8 Å². The maximum absolute atomic E-state index is 12.2. The van der Waals surface area contributed by atoms with E-state index in [1.165, 1.54) is 12.8 Å². The summed E-state index contributed by atoms with van der Waals surface area (Å²) >= 11 is 0. The molecule has 22 heavy (non-hydrogen) atoms. The largest absolute Gasteiger partial charge is 0.375 e. The molecule has 0 N–H and O–H groups in total. The molecule has 0 amide bonds. The van der Waals surface area contributed by atoms with E-state index in [9.17, 15) is 8.78 Å². The molecule has 0 aromatic rings. The monoisotopic (exact) mass is 324 g/mol. The van der Waals surface area contributed by atoms with Crippen LogP contribution < -0.4 is 0 Å². The second-order valence-electron chi connectivity index (χ2n) is 6.31. The summed E-state index contributed by atoms with van der Waals surface area (Å²) in [5.41, 5.74) is 0.159. The van der Waals surface area contributed by atoms with Crippen molar-refractivity contribution < 1.29 is 18.3 Å². The van der Waals surface area contributed by atoms with Gasteiger partial charge in [-0.2, -0.15) is 8.78 Å². The summed E-state index contributed by atoms with van der Waals surface area (Å²) in [6, 6.07) is 0. The molecule has 2 nitrogen and oxygen atoms in total. The number of rotatable bonds is 0. The third-order valence-electron chi connectivity index (χ3n) is 3.50. The Bertz CT molecular complexity index is 209. The van der Waals surface area contributed by atoms with E-state index in [1.54, 1.807) is 0 Å². The average Bonchev–Trinajstić information content (AvgIpc) is 2.50. The fraction of sp³-hybridized carbons (Fsp3) is 1.00. The van der Waals surface area contributed by atoms with Crippen LogP contribution in [0, 0.1) is 11.8 Å². The predicted octanol–water partition coefficient (Wildman–Crippen LogP) is 6.29. The summed E-state index contributed by atoms with van der Waals surface area (Å²) < 4.78 is 34.1. The van der Waals surface area contributed by atoms with Crippen molar-refractivity contribution in [1.82, 2.24) is 0 Å². The number of halogens is 2. The summed E-state index contributed by atoms with van der Waals surface area (Å²) in [4.78, 5) is 0. The third-order valence-corrected chi connectivity index (χ3v) is 3.50. The van der Waals surface area contributed by atoms with Gasteiger partial charge in [-0.05, 0) is 44.9 Å². The van der Waals surface area contributed by atoms with Crippen molar-refractivity contribution in [2.24, 2.45) is 11.8 Å². The van der Waals surface area contributed by atoms with Crippen molar-refractivity contribution in [2.75, 3.05) is 13.2 Å². The van der Waals surface area contributed by atoms with Crippen LogP contribution in [0.2, 0.25) is 0 Å². The number of hydrogen-bond donors (Lipinski definition) is 0. The van der Waals surface area contributed by atoms with Gasteiger partial charge in [0.2, 0.25) is 0 Å². The molecule has 0 spiro atoms. The molecule has 2 aliphatic rings. The Morgan fingerprint density at radius 3 is 1.41 bits per heavy atom. The van der Waals surface area contributed by atoms with Crippen LogP contribution in [-0.2, 0) is 9.47 Å². The Morgan fingerprint density at radius 1 is 0.773 bits per heavy atom. The van der Waals surface area contributed by atoms with Crippen LogP contribution in [0.1, 0.15) is 81.1 Å². The van der Waals surface area contributed by atoms with E-state index in [2.05, 4.69) is 25.5 Å². The van der Waals surface area contributed by atoms with Crippen LogP contribution in [0.4, 0.5) is 8.78 Å². The van der Waals surface area contributed by atoms with Crippen LogP contribution in [0.25, 0.3) is 0 Å². The van der Waals surface area contributed by atoms with Gasteiger partial charge in [-0.25, -0.2) is 0 Å². The zero-order valence-electron chi connectivity index (χ0n) is 16.0. The Hall–Kier alpha value is -0.220. The molecule has 0 aliphatic carbocycles. The highest BCUT2D eigenvalue weighted by Crippen LogP contribution is 2.30. The summed E-state index contributed by atoms with van der Waals surface area (Å²) in [7, 11) is 0. The van der Waals surface area contributed by atoms with Gasteiger partial charge < -0.3 is 9.47 Å². The molecule has 0 aromatic carbocycles. The van der Waals surface area contributed by atoms with Crippen molar-refractivity contribution in [3.63, 3.8) is 0 Å². The quantitative estimate of drug-likeness (QED) is 0.521. The lowest BCUT2D eigenvalue weighted by molar-refractivity contribution is -0.266. The van der Waals surface area contributed by atoms with Gasteiger partial charge in [-0.3, -0.25) is 0 Å². The standard InChI is InChI=1S/C8H16O.C6H10F2O.2C2H6/c1-7-4-5-8(2,3)9-6-7;1-5-2-3-6(7,8)9-4-5;2*1-2/h7H,4-6H2,1-3H3;5H,2-4H2,1H3;2*1-2H3. The van der Waals surface area contributed by atoms with E-state index in [0.29, 0.717) is 12.3 Å². The van der Waals surface area contributed by atoms with Gasteiger partial charge in [-0.1, -0.05) is 41.5 Å². The fourth-order valence-electron chi connectivity index (χ4n) is 1.95. The zero-order valence-corrected chi connectivity index (χ0v) is 16.0. The molecule has 2 saturated heterocycles. The molecule has 0 radical (unpaired) electrons. The fourth-order valence-corrected chi connectivity index (χ4v) is 1.95. The highest BCUT2D eigenvalue weighted by molar-refractivity contribution is 4.74. The normalized spacial score (nSPS) is 28.6. The smallest absolute Gasteiger partial charge is 0.355 e. The Balaban J connectivity index is 0. The summed E-state index contributed by atoms with van der Waals surface area (Å²) in [6.07, 6.45) is 0.162. The first kappa shape index (κ1) is 24.0. The van der Waals surface area contributed by atoms with Gasteiger partial charge in [-0.15, -0.1) is 0 Å². The van der Waals surface area contributed by atoms with Gasteiger partial charge in [0.1, 0.15) is 0 Å². The summed E-state index contributed by atoms with van der Waals surface area (Å²) in [6.45, 7) is 17.6. The first-order valence-corrected chi connectivity index (χ1v) is 8.86. The molecule has 136 valence electrons. The van der Waals surface area contributed by atoms with Gasteiger partial charge in [0.05, 0.1) is 12.2 Å². The lowest BCUT2D eigenvalue weighted by atomic mass is 9.93. The van der Waals surface area contributed by atoms with Crippen molar-refractivity contribution in [3.05, 3.63) is 0 Å². The van der Waals surface area contributed by atoms with Crippen molar-refractivity contribution in [3.8, 4) is 0 Å². The number of hydrogen-bond acceptors (Lipinski definition) is 2. The molecular weight excluding hydrogens is 286 g/mol. The van der Waals surface area contributed by atoms with E-state index >= 15 is 0 Å². The molecule has 2 aliphatic heterocycles. The second kappa shape index (κ2) is 12.2. The SMILES string of the molecule is CC.CC.CC1CCC(C)(C)OC1.CC1CCC(F)(F)OC1. The van der Waals surface area contributed by atoms with Gasteiger partial charge >= 0.3 is 6.11 Å². The molecule has 2 atom stereocenters. The molecule has 2 heterocycles. The molecule has 0 saturated carbocycles. The Kier molecular flexibility index (Phi) is 13.4. The van der Waals surface area contributed by atoms with E-state index in [-0.39, 0.29) is 18.6 Å². The predicted molar refractivity (Wildman–Crippen MR) is 90.4 cm³/mol. The molecule has 2 rings (SSSR count). The zero-order chi connectivity index (χ0) is 17.8. The van der Waals surface area contributed by atoms with E-state index in [1.807, 2.05) is 34.6 Å². The minimum absolute atomic E-state index is 0.117. The number of alkyl halides is 2. The minimum Gasteiger partial charge on any atom is -0.375 e. The molecular formula is C18H38F2O2. The minimum atomic E-state index is -2.84. The van der Waals surface area contributed by atoms with Crippen LogP contribution in [0.3, 0.4) is 0 Å².